The molecule has 0 bridgehead atoms. The number of nitrogens with zero attached hydrogens (tertiary/aromatic N) is 1. The van der Waals surface area contributed by atoms with Gasteiger partial charge in [0.2, 0.25) is 0 Å². The minimum Gasteiger partial charge on any atom is -0.462 e. The van der Waals surface area contributed by atoms with E-state index in [2.05, 4.69) is 5.32 Å². The lowest BCUT2D eigenvalue weighted by molar-refractivity contribution is -0.152. The number of hydrogen-bond acceptors (Lipinski definition) is 7. The number of amides is 1. The summed E-state index contributed by atoms with van der Waals surface area (Å²) in [5.41, 5.74) is -0.826. The third-order valence-corrected chi connectivity index (χ3v) is 5.69. The predicted octanol–water partition coefficient (Wildman–Crippen LogP) is 1.47. The molecular weight excluding hydrogens is 364 g/mol. The van der Waals surface area contributed by atoms with Crippen LogP contribution in [0.25, 0.3) is 0 Å². The summed E-state index contributed by atoms with van der Waals surface area (Å²) in [6.45, 7) is 8.27. The number of rotatable bonds is 2. The Kier molecular flexibility index (Phi) is 8.27. The Morgan fingerprint density at radius 3 is 2.64 bits per heavy atom. The van der Waals surface area contributed by atoms with Gasteiger partial charge in [0, 0.05) is 39.2 Å². The van der Waals surface area contributed by atoms with Gasteiger partial charge in [0.1, 0.15) is 11.7 Å². The first-order valence-corrected chi connectivity index (χ1v) is 10.0. The maximum atomic E-state index is 12.7. The summed E-state index contributed by atoms with van der Waals surface area (Å²) < 4.78 is 17.0. The van der Waals surface area contributed by atoms with E-state index in [1.54, 1.807) is 12.0 Å². The normalized spacial score (nSPS) is 36.6. The Morgan fingerprint density at radius 1 is 1.32 bits per heavy atom. The molecule has 8 heteroatoms. The van der Waals surface area contributed by atoms with Gasteiger partial charge < -0.3 is 29.5 Å². The minimum absolute atomic E-state index is 0.0637. The van der Waals surface area contributed by atoms with E-state index in [1.165, 1.54) is 0 Å². The third kappa shape index (κ3) is 6.18. The van der Waals surface area contributed by atoms with Crippen LogP contribution in [0.3, 0.4) is 0 Å². The van der Waals surface area contributed by atoms with E-state index in [9.17, 15) is 14.7 Å². The fraction of sp³-hybridized carbons (Fsp3) is 0.800. The lowest BCUT2D eigenvalue weighted by atomic mass is 9.89. The van der Waals surface area contributed by atoms with Crippen LogP contribution in [0.2, 0.25) is 0 Å². The van der Waals surface area contributed by atoms with Gasteiger partial charge in [0.05, 0.1) is 12.5 Å². The largest absolute Gasteiger partial charge is 0.462 e. The molecule has 8 nitrogen and oxygen atoms in total. The number of esters is 1. The van der Waals surface area contributed by atoms with Crippen molar-refractivity contribution in [3.05, 3.63) is 12.2 Å². The summed E-state index contributed by atoms with van der Waals surface area (Å²) >= 11 is 0. The summed E-state index contributed by atoms with van der Waals surface area (Å²) in [5.74, 6) is -0.497. The molecule has 1 amide bonds. The van der Waals surface area contributed by atoms with Gasteiger partial charge in [0.15, 0.2) is 6.10 Å². The molecule has 2 rings (SSSR count). The van der Waals surface area contributed by atoms with Crippen LogP contribution in [0.1, 0.15) is 40.0 Å². The standard InChI is InChI=1S/C20H34N2O6/c1-14-5-6-17(28-19(25)22-11-9-21-10-12-22)20(3,26-4)8-7-16(23)13-18(24)27-15(14)2/h5-6,14-17,21,23H,7-13H2,1-4H3/b6-5+/t14-,15+,16+,17-,20+/m0/s1. The predicted molar refractivity (Wildman–Crippen MR) is 104 cm³/mol. The number of cyclic esters (lactones) is 1. The molecule has 2 heterocycles. The molecule has 0 radical (unpaired) electrons. The number of hydrogen-bond donors (Lipinski definition) is 2. The van der Waals surface area contributed by atoms with Crippen LogP contribution in [-0.4, -0.2) is 79.3 Å². The summed E-state index contributed by atoms with van der Waals surface area (Å²) in [6, 6.07) is 0. The van der Waals surface area contributed by atoms with Crippen molar-refractivity contribution in [1.82, 2.24) is 10.2 Å². The first kappa shape index (κ1) is 22.6. The number of nitrogens with one attached hydrogen (secondary N) is 1. The molecule has 0 aromatic heterocycles. The molecule has 0 saturated carbocycles. The lowest BCUT2D eigenvalue weighted by Gasteiger charge is -2.37. The van der Waals surface area contributed by atoms with Gasteiger partial charge in [-0.2, -0.15) is 0 Å². The maximum absolute atomic E-state index is 12.7. The summed E-state index contributed by atoms with van der Waals surface area (Å²) in [6.07, 6.45) is 2.20. The average molecular weight is 399 g/mol. The molecule has 1 fully saturated rings. The molecule has 0 spiro atoms. The fourth-order valence-corrected chi connectivity index (χ4v) is 3.30. The van der Waals surface area contributed by atoms with Crippen LogP contribution in [0.15, 0.2) is 12.2 Å². The molecule has 2 aliphatic rings. The second-order valence-corrected chi connectivity index (χ2v) is 7.89. The zero-order valence-electron chi connectivity index (χ0n) is 17.3. The molecule has 5 atom stereocenters. The van der Waals surface area contributed by atoms with Gasteiger partial charge in [-0.3, -0.25) is 4.79 Å². The molecule has 0 aromatic carbocycles. The molecule has 160 valence electrons. The second-order valence-electron chi connectivity index (χ2n) is 7.89. The summed E-state index contributed by atoms with van der Waals surface area (Å²) in [5, 5.41) is 13.4. The molecule has 0 aliphatic carbocycles. The Hall–Kier alpha value is -1.64. The highest BCUT2D eigenvalue weighted by Crippen LogP contribution is 2.28. The van der Waals surface area contributed by atoms with Gasteiger partial charge in [0.25, 0.3) is 0 Å². The summed E-state index contributed by atoms with van der Waals surface area (Å²) in [7, 11) is 1.57. The van der Waals surface area contributed by atoms with E-state index in [1.807, 2.05) is 32.9 Å². The smallest absolute Gasteiger partial charge is 0.410 e. The number of methoxy groups -OCH3 is 1. The van der Waals surface area contributed by atoms with Crippen molar-refractivity contribution >= 4 is 12.1 Å². The monoisotopic (exact) mass is 398 g/mol. The quantitative estimate of drug-likeness (QED) is 0.537. The molecule has 0 aromatic rings. The van der Waals surface area contributed by atoms with Gasteiger partial charge in [-0.05, 0) is 32.8 Å². The highest BCUT2D eigenvalue weighted by atomic mass is 16.6. The van der Waals surface area contributed by atoms with Crippen LogP contribution < -0.4 is 5.32 Å². The Bertz CT molecular complexity index is 563. The minimum atomic E-state index is -0.836. The van der Waals surface area contributed by atoms with Crippen molar-refractivity contribution in [2.24, 2.45) is 5.92 Å². The third-order valence-electron chi connectivity index (χ3n) is 5.69. The van der Waals surface area contributed by atoms with Crippen LogP contribution in [-0.2, 0) is 19.0 Å². The Labute approximate surface area is 167 Å². The van der Waals surface area contributed by atoms with E-state index in [0.29, 0.717) is 25.9 Å². The van der Waals surface area contributed by atoms with Gasteiger partial charge >= 0.3 is 12.1 Å². The topological polar surface area (TPSA) is 97.3 Å². The Morgan fingerprint density at radius 2 is 2.00 bits per heavy atom. The van der Waals surface area contributed by atoms with Gasteiger partial charge in [-0.15, -0.1) is 0 Å². The number of aliphatic hydroxyl groups is 1. The zero-order chi connectivity index (χ0) is 20.7. The number of piperazine rings is 1. The first-order chi connectivity index (χ1) is 13.2. The van der Waals surface area contributed by atoms with E-state index in [4.69, 9.17) is 14.2 Å². The van der Waals surface area contributed by atoms with E-state index < -0.39 is 23.8 Å². The van der Waals surface area contributed by atoms with Crippen LogP contribution in [0, 0.1) is 5.92 Å². The number of carbonyl (C=O) groups is 2. The first-order valence-electron chi connectivity index (χ1n) is 10.0. The van der Waals surface area contributed by atoms with Gasteiger partial charge in [-0.1, -0.05) is 13.0 Å². The molecular formula is C20H34N2O6. The molecule has 1 saturated heterocycles. The SMILES string of the molecule is CO[C@]1(C)CC[C@@H](O)CC(=O)O[C@H](C)[C@@H](C)/C=C/[C@@H]1OC(=O)N1CCNCC1. The second kappa shape index (κ2) is 10.2. The van der Waals surface area contributed by atoms with Crippen LogP contribution in [0.5, 0.6) is 0 Å². The zero-order valence-corrected chi connectivity index (χ0v) is 17.3. The number of carbonyl (C=O) groups excluding carboxylic acids is 2. The van der Waals surface area contributed by atoms with E-state index >= 15 is 0 Å². The summed E-state index contributed by atoms with van der Waals surface area (Å²) in [4.78, 5) is 26.3. The van der Waals surface area contributed by atoms with Crippen molar-refractivity contribution < 1.29 is 28.9 Å². The average Bonchev–Trinajstić information content (AvgIpc) is 2.68. The fourth-order valence-electron chi connectivity index (χ4n) is 3.30. The van der Waals surface area contributed by atoms with Crippen molar-refractivity contribution in [2.45, 2.75) is 63.9 Å². The van der Waals surface area contributed by atoms with E-state index in [-0.39, 0.29) is 24.5 Å². The number of aliphatic hydroxyl groups excluding tert-OH is 1. The van der Waals surface area contributed by atoms with E-state index in [0.717, 1.165) is 13.1 Å². The van der Waals surface area contributed by atoms with Crippen molar-refractivity contribution in [1.29, 1.82) is 0 Å². The lowest BCUT2D eigenvalue weighted by Crippen LogP contribution is -2.50. The molecule has 28 heavy (non-hydrogen) atoms. The van der Waals surface area contributed by atoms with Crippen molar-refractivity contribution in [2.75, 3.05) is 33.3 Å². The molecule has 0 unspecified atom stereocenters. The number of ether oxygens (including phenoxy) is 3. The highest BCUT2D eigenvalue weighted by Gasteiger charge is 2.38. The van der Waals surface area contributed by atoms with Crippen LogP contribution >= 0.6 is 0 Å². The maximum Gasteiger partial charge on any atom is 0.410 e. The van der Waals surface area contributed by atoms with Crippen molar-refractivity contribution in [3.8, 4) is 0 Å². The highest BCUT2D eigenvalue weighted by molar-refractivity contribution is 5.70. The molecule has 2 N–H and O–H groups in total. The molecule has 2 aliphatic heterocycles. The van der Waals surface area contributed by atoms with Gasteiger partial charge in [-0.25, -0.2) is 4.79 Å². The van der Waals surface area contributed by atoms with Crippen LogP contribution in [0.4, 0.5) is 4.79 Å². The van der Waals surface area contributed by atoms with Crippen molar-refractivity contribution in [3.63, 3.8) is 0 Å². The Balaban J connectivity index is 2.22.